The van der Waals surface area contributed by atoms with E-state index in [1.807, 2.05) is 12.1 Å². The summed E-state index contributed by atoms with van der Waals surface area (Å²) in [4.78, 5) is 11.3. The number of benzene rings is 2. The van der Waals surface area contributed by atoms with Gasteiger partial charge in [-0.1, -0.05) is 70.7 Å². The number of carbonyl (C=O) groups excluding carboxylic acids is 1. The van der Waals surface area contributed by atoms with Crippen LogP contribution in [0.2, 0.25) is 0 Å². The molecular weight excluding hydrogens is 336 g/mol. The minimum absolute atomic E-state index is 0.0922. The molecule has 3 heteroatoms. The van der Waals surface area contributed by atoms with Crippen molar-refractivity contribution in [2.24, 2.45) is 0 Å². The summed E-state index contributed by atoms with van der Waals surface area (Å²) in [6, 6.07) is 17.0. The van der Waals surface area contributed by atoms with Crippen molar-refractivity contribution < 1.29 is 14.3 Å². The first-order valence-corrected chi connectivity index (χ1v) is 9.38. The van der Waals surface area contributed by atoms with Crippen molar-refractivity contribution in [3.8, 4) is 5.75 Å². The average Bonchev–Trinajstić information content (AvgIpc) is 2.65. The molecule has 2 aromatic rings. The Kier molecular flexibility index (Phi) is 6.84. The van der Waals surface area contributed by atoms with Crippen molar-refractivity contribution in [3.63, 3.8) is 0 Å². The van der Waals surface area contributed by atoms with Gasteiger partial charge < -0.3 is 9.47 Å². The maximum absolute atomic E-state index is 11.3. The van der Waals surface area contributed by atoms with E-state index in [9.17, 15) is 4.79 Å². The van der Waals surface area contributed by atoms with Gasteiger partial charge >= 0.3 is 5.97 Å². The molecule has 0 fully saturated rings. The molecule has 0 saturated heterocycles. The Hall–Kier alpha value is -2.55. The Balaban J connectivity index is 1.98. The number of rotatable bonds is 8. The zero-order valence-corrected chi connectivity index (χ0v) is 17.0. The van der Waals surface area contributed by atoms with Crippen LogP contribution in [-0.4, -0.2) is 19.2 Å². The summed E-state index contributed by atoms with van der Waals surface area (Å²) >= 11 is 0. The summed E-state index contributed by atoms with van der Waals surface area (Å²) < 4.78 is 10.7. The molecule has 0 atom stereocenters. The van der Waals surface area contributed by atoms with Crippen LogP contribution in [0, 0.1) is 0 Å². The van der Waals surface area contributed by atoms with Crippen LogP contribution in [0.1, 0.15) is 57.2 Å². The summed E-state index contributed by atoms with van der Waals surface area (Å²) in [5.41, 5.74) is 4.16. The van der Waals surface area contributed by atoms with Crippen molar-refractivity contribution in [1.82, 2.24) is 0 Å². The normalized spacial score (nSPS) is 11.3. The lowest BCUT2D eigenvalue weighted by Crippen LogP contribution is -2.19. The number of hydrogen-bond donors (Lipinski definition) is 0. The molecule has 0 aliphatic rings. The molecule has 3 nitrogen and oxygen atoms in total. The first-order valence-electron chi connectivity index (χ1n) is 9.38. The molecule has 0 aliphatic heterocycles. The van der Waals surface area contributed by atoms with Gasteiger partial charge in [-0.2, -0.15) is 0 Å². The molecule has 0 heterocycles. The van der Waals surface area contributed by atoms with Crippen molar-refractivity contribution in [3.05, 3.63) is 77.4 Å². The van der Waals surface area contributed by atoms with Gasteiger partial charge in [-0.05, 0) is 41.7 Å². The highest BCUT2D eigenvalue weighted by molar-refractivity contribution is 5.86. The predicted molar refractivity (Wildman–Crippen MR) is 110 cm³/mol. The number of ether oxygens (including phenoxy) is 2. The molecule has 0 amide bonds. The highest BCUT2D eigenvalue weighted by Crippen LogP contribution is 2.33. The fraction of sp³-hybridized carbons (Fsp3) is 0.375. The average molecular weight is 367 g/mol. The summed E-state index contributed by atoms with van der Waals surface area (Å²) in [6.07, 6.45) is 0. The van der Waals surface area contributed by atoms with Gasteiger partial charge in [0.2, 0.25) is 0 Å². The van der Waals surface area contributed by atoms with E-state index in [0.717, 1.165) is 5.75 Å². The van der Waals surface area contributed by atoms with Gasteiger partial charge in [0.25, 0.3) is 0 Å². The molecule has 0 saturated carbocycles. The standard InChI is InChI=1S/C24H30O3/c1-17(2)19-7-9-20(10-8-19)24(5,6)21-11-13-22(14-12-21)26-15-16-27-23(25)18(3)4/h7-14,17H,3,15-16H2,1-2,4-6H3. The van der Waals surface area contributed by atoms with E-state index in [1.54, 1.807) is 6.92 Å². The van der Waals surface area contributed by atoms with E-state index < -0.39 is 0 Å². The van der Waals surface area contributed by atoms with Crippen molar-refractivity contribution in [2.75, 3.05) is 13.2 Å². The lowest BCUT2D eigenvalue weighted by molar-refractivity contribution is -0.139. The van der Waals surface area contributed by atoms with Gasteiger partial charge in [0.15, 0.2) is 0 Å². The first kappa shape index (κ1) is 20.8. The van der Waals surface area contributed by atoms with Crippen LogP contribution in [-0.2, 0) is 14.9 Å². The van der Waals surface area contributed by atoms with Crippen LogP contribution in [0.3, 0.4) is 0 Å². The number of esters is 1. The third-order valence-electron chi connectivity index (χ3n) is 4.81. The topological polar surface area (TPSA) is 35.5 Å². The van der Waals surface area contributed by atoms with Gasteiger partial charge in [-0.15, -0.1) is 0 Å². The van der Waals surface area contributed by atoms with Crippen LogP contribution >= 0.6 is 0 Å². The number of hydrogen-bond acceptors (Lipinski definition) is 3. The second-order valence-corrected chi connectivity index (χ2v) is 7.69. The lowest BCUT2D eigenvalue weighted by atomic mass is 9.77. The minimum atomic E-state index is -0.390. The van der Waals surface area contributed by atoms with E-state index in [4.69, 9.17) is 9.47 Å². The fourth-order valence-corrected chi connectivity index (χ4v) is 2.84. The van der Waals surface area contributed by atoms with Gasteiger partial charge in [0, 0.05) is 11.0 Å². The van der Waals surface area contributed by atoms with E-state index in [1.165, 1.54) is 16.7 Å². The Labute approximate surface area is 163 Å². The molecule has 0 radical (unpaired) electrons. The molecule has 0 bridgehead atoms. The SMILES string of the molecule is C=C(C)C(=O)OCCOc1ccc(C(C)(C)c2ccc(C(C)C)cc2)cc1. The molecule has 2 rings (SSSR count). The van der Waals surface area contributed by atoms with Crippen molar-refractivity contribution >= 4 is 5.97 Å². The van der Waals surface area contributed by atoms with Crippen LogP contribution in [0.4, 0.5) is 0 Å². The Morgan fingerprint density at radius 3 is 1.96 bits per heavy atom. The zero-order chi connectivity index (χ0) is 20.0. The largest absolute Gasteiger partial charge is 0.490 e. The minimum Gasteiger partial charge on any atom is -0.490 e. The molecule has 2 aromatic carbocycles. The molecule has 0 aromatic heterocycles. The second-order valence-electron chi connectivity index (χ2n) is 7.69. The van der Waals surface area contributed by atoms with Crippen LogP contribution in [0.25, 0.3) is 0 Å². The van der Waals surface area contributed by atoms with E-state index >= 15 is 0 Å². The third kappa shape index (κ3) is 5.46. The molecule has 27 heavy (non-hydrogen) atoms. The van der Waals surface area contributed by atoms with Crippen LogP contribution < -0.4 is 4.74 Å². The van der Waals surface area contributed by atoms with E-state index in [-0.39, 0.29) is 18.0 Å². The Morgan fingerprint density at radius 1 is 0.963 bits per heavy atom. The molecule has 0 unspecified atom stereocenters. The molecule has 144 valence electrons. The smallest absolute Gasteiger partial charge is 0.333 e. The number of carbonyl (C=O) groups is 1. The maximum Gasteiger partial charge on any atom is 0.333 e. The predicted octanol–water partition coefficient (Wildman–Crippen LogP) is 5.63. The lowest BCUT2D eigenvalue weighted by Gasteiger charge is -2.27. The molecule has 0 aliphatic carbocycles. The summed E-state index contributed by atoms with van der Waals surface area (Å²) in [5, 5.41) is 0. The van der Waals surface area contributed by atoms with E-state index in [0.29, 0.717) is 18.1 Å². The van der Waals surface area contributed by atoms with Crippen LogP contribution in [0.15, 0.2) is 60.7 Å². The fourth-order valence-electron chi connectivity index (χ4n) is 2.84. The third-order valence-corrected chi connectivity index (χ3v) is 4.81. The molecular formula is C24H30O3. The summed E-state index contributed by atoms with van der Waals surface area (Å²) in [6.45, 7) is 14.6. The van der Waals surface area contributed by atoms with Crippen molar-refractivity contribution in [1.29, 1.82) is 0 Å². The monoisotopic (exact) mass is 366 g/mol. The first-order chi connectivity index (χ1) is 12.7. The van der Waals surface area contributed by atoms with Crippen molar-refractivity contribution in [2.45, 2.75) is 46.0 Å². The van der Waals surface area contributed by atoms with E-state index in [2.05, 4.69) is 70.7 Å². The quantitative estimate of drug-likeness (QED) is 0.345. The highest BCUT2D eigenvalue weighted by Gasteiger charge is 2.23. The molecule has 0 N–H and O–H groups in total. The zero-order valence-electron chi connectivity index (χ0n) is 17.0. The van der Waals surface area contributed by atoms with Gasteiger partial charge in [0.05, 0.1) is 0 Å². The summed E-state index contributed by atoms with van der Waals surface area (Å²) in [7, 11) is 0. The highest BCUT2D eigenvalue weighted by atomic mass is 16.6. The maximum atomic E-state index is 11.3. The van der Waals surface area contributed by atoms with Gasteiger partial charge in [-0.3, -0.25) is 0 Å². The summed E-state index contributed by atoms with van der Waals surface area (Å²) in [5.74, 6) is 0.906. The second kappa shape index (κ2) is 8.90. The van der Waals surface area contributed by atoms with Gasteiger partial charge in [0.1, 0.15) is 19.0 Å². The van der Waals surface area contributed by atoms with Crippen LogP contribution in [0.5, 0.6) is 5.75 Å². The van der Waals surface area contributed by atoms with Gasteiger partial charge in [-0.25, -0.2) is 4.79 Å². The Bertz CT molecular complexity index is 768. The molecule has 0 spiro atoms. The Morgan fingerprint density at radius 2 is 1.48 bits per heavy atom.